The van der Waals surface area contributed by atoms with Crippen LogP contribution in [-0.2, 0) is 16.1 Å². The van der Waals surface area contributed by atoms with Crippen molar-refractivity contribution < 1.29 is 24.2 Å². The molecule has 186 valence electrons. The number of hydrogen-bond acceptors (Lipinski definition) is 6. The first-order chi connectivity index (χ1) is 17.5. The molecule has 7 heteroatoms. The van der Waals surface area contributed by atoms with Gasteiger partial charge in [0.1, 0.15) is 17.3 Å². The van der Waals surface area contributed by atoms with Gasteiger partial charge in [0, 0.05) is 24.5 Å². The zero-order valence-electron chi connectivity index (χ0n) is 20.5. The van der Waals surface area contributed by atoms with Crippen LogP contribution in [0, 0.1) is 0 Å². The first kappa shape index (κ1) is 25.0. The molecule has 1 unspecified atom stereocenters. The Hall–Kier alpha value is -4.13. The number of Topliss-reactive ketones (excluding diaryl/α,β-unsaturated/α-hetero) is 1. The summed E-state index contributed by atoms with van der Waals surface area (Å²) in [5, 5.41) is 11.3. The third-order valence-electron chi connectivity index (χ3n) is 6.00. The molecule has 1 aliphatic rings. The number of carbonyl (C=O) groups is 2. The highest BCUT2D eigenvalue weighted by atomic mass is 16.5. The monoisotopic (exact) mass is 486 g/mol. The van der Waals surface area contributed by atoms with Crippen LogP contribution >= 0.6 is 0 Å². The lowest BCUT2D eigenvalue weighted by Crippen LogP contribution is -2.29. The second-order valence-corrected chi connectivity index (χ2v) is 8.52. The summed E-state index contributed by atoms with van der Waals surface area (Å²) in [6.07, 6.45) is 5.22. The van der Waals surface area contributed by atoms with E-state index in [0.29, 0.717) is 35.8 Å². The fourth-order valence-electron chi connectivity index (χ4n) is 4.21. The number of benzene rings is 2. The maximum absolute atomic E-state index is 13.3. The fraction of sp³-hybridized carbons (Fsp3) is 0.276. The van der Waals surface area contributed by atoms with Crippen molar-refractivity contribution in [2.24, 2.45) is 0 Å². The number of unbranched alkanes of at least 4 members (excludes halogenated alkanes) is 1. The predicted molar refractivity (Wildman–Crippen MR) is 137 cm³/mol. The first-order valence-corrected chi connectivity index (χ1v) is 12.2. The molecule has 0 spiro atoms. The van der Waals surface area contributed by atoms with Crippen molar-refractivity contribution in [3.05, 3.63) is 95.3 Å². The van der Waals surface area contributed by atoms with E-state index >= 15 is 0 Å². The van der Waals surface area contributed by atoms with Gasteiger partial charge in [-0.25, -0.2) is 0 Å². The van der Waals surface area contributed by atoms with Gasteiger partial charge in [0.15, 0.2) is 0 Å². The van der Waals surface area contributed by atoms with Crippen molar-refractivity contribution in [2.75, 3.05) is 13.2 Å². The molecule has 0 aliphatic carbocycles. The zero-order valence-corrected chi connectivity index (χ0v) is 20.5. The lowest BCUT2D eigenvalue weighted by molar-refractivity contribution is -0.140. The van der Waals surface area contributed by atoms with E-state index in [1.54, 1.807) is 54.9 Å². The minimum absolute atomic E-state index is 0.0405. The van der Waals surface area contributed by atoms with Crippen molar-refractivity contribution in [1.82, 2.24) is 9.88 Å². The van der Waals surface area contributed by atoms with E-state index in [-0.39, 0.29) is 17.9 Å². The molecule has 1 aromatic heterocycles. The molecule has 1 amide bonds. The Labute approximate surface area is 211 Å². The van der Waals surface area contributed by atoms with E-state index in [0.717, 1.165) is 18.4 Å². The van der Waals surface area contributed by atoms with Crippen molar-refractivity contribution in [2.45, 2.75) is 39.3 Å². The Morgan fingerprint density at radius 3 is 2.50 bits per heavy atom. The van der Waals surface area contributed by atoms with E-state index in [4.69, 9.17) is 9.47 Å². The maximum atomic E-state index is 13.3. The zero-order chi connectivity index (χ0) is 25.5. The number of nitrogens with zero attached hydrogens (tertiary/aromatic N) is 2. The highest BCUT2D eigenvalue weighted by Crippen LogP contribution is 2.41. The molecule has 1 atom stereocenters. The van der Waals surface area contributed by atoms with Gasteiger partial charge in [-0.05, 0) is 54.8 Å². The fourth-order valence-corrected chi connectivity index (χ4v) is 4.21. The summed E-state index contributed by atoms with van der Waals surface area (Å²) in [5.41, 5.74) is 1.93. The van der Waals surface area contributed by atoms with Crippen LogP contribution in [0.1, 0.15) is 49.4 Å². The molecule has 36 heavy (non-hydrogen) atoms. The molecule has 1 saturated heterocycles. The summed E-state index contributed by atoms with van der Waals surface area (Å²) in [6.45, 7) is 5.24. The SMILES string of the molecule is CCCCOc1cccc(/C(O)=C2\C(=O)C(=O)N(Cc3cccnc3)C2c2ccc(OCC)cc2)c1. The topological polar surface area (TPSA) is 89.0 Å². The lowest BCUT2D eigenvalue weighted by Gasteiger charge is -2.25. The number of amides is 1. The average Bonchev–Trinajstić information content (AvgIpc) is 3.15. The Balaban J connectivity index is 1.77. The lowest BCUT2D eigenvalue weighted by atomic mass is 9.95. The quantitative estimate of drug-likeness (QED) is 0.182. The first-order valence-electron chi connectivity index (χ1n) is 12.2. The van der Waals surface area contributed by atoms with E-state index in [2.05, 4.69) is 11.9 Å². The molecule has 3 aromatic rings. The van der Waals surface area contributed by atoms with Crippen LogP contribution in [0.15, 0.2) is 78.6 Å². The molecule has 2 aromatic carbocycles. The average molecular weight is 487 g/mol. The molecule has 0 bridgehead atoms. The molecule has 1 N–H and O–H groups in total. The van der Waals surface area contributed by atoms with Gasteiger partial charge >= 0.3 is 0 Å². The van der Waals surface area contributed by atoms with E-state index in [1.165, 1.54) is 4.90 Å². The molecule has 1 fully saturated rings. The summed E-state index contributed by atoms with van der Waals surface area (Å²) < 4.78 is 11.3. The van der Waals surface area contributed by atoms with Crippen molar-refractivity contribution in [3.63, 3.8) is 0 Å². The number of ether oxygens (including phenoxy) is 2. The summed E-state index contributed by atoms with van der Waals surface area (Å²) >= 11 is 0. The summed E-state index contributed by atoms with van der Waals surface area (Å²) in [5.74, 6) is -0.360. The number of ketones is 1. The second kappa shape index (κ2) is 11.5. The minimum atomic E-state index is -0.773. The smallest absolute Gasteiger partial charge is 0.295 e. The van der Waals surface area contributed by atoms with Gasteiger partial charge in [0.25, 0.3) is 11.7 Å². The standard InChI is InChI=1S/C29H30N2O5/c1-3-5-16-36-24-10-6-9-22(17-24)27(32)25-26(21-11-13-23(14-12-21)35-4-2)31(29(34)28(25)33)19-20-8-7-15-30-18-20/h6-15,17-18,26,32H,3-5,16,19H2,1-2H3/b27-25+. The molecule has 0 radical (unpaired) electrons. The number of likely N-dealkylation sites (tertiary alicyclic amines) is 1. The Bertz CT molecular complexity index is 1240. The van der Waals surface area contributed by atoms with E-state index in [9.17, 15) is 14.7 Å². The highest BCUT2D eigenvalue weighted by molar-refractivity contribution is 6.46. The van der Waals surface area contributed by atoms with Crippen molar-refractivity contribution in [1.29, 1.82) is 0 Å². The van der Waals surface area contributed by atoms with Gasteiger partial charge in [-0.2, -0.15) is 0 Å². The summed E-state index contributed by atoms with van der Waals surface area (Å²) in [6, 6.07) is 17.0. The Morgan fingerprint density at radius 1 is 1.00 bits per heavy atom. The summed E-state index contributed by atoms with van der Waals surface area (Å²) in [4.78, 5) is 32.1. The third kappa shape index (κ3) is 5.40. The maximum Gasteiger partial charge on any atom is 0.295 e. The van der Waals surface area contributed by atoms with Gasteiger partial charge in [0.05, 0.1) is 24.8 Å². The van der Waals surface area contributed by atoms with Crippen molar-refractivity contribution in [3.8, 4) is 11.5 Å². The van der Waals surface area contributed by atoms with Gasteiger partial charge in [-0.3, -0.25) is 14.6 Å². The summed E-state index contributed by atoms with van der Waals surface area (Å²) in [7, 11) is 0. The number of aromatic nitrogens is 1. The molecular formula is C29H30N2O5. The normalized spacial score (nSPS) is 16.8. The van der Waals surface area contributed by atoms with Crippen LogP contribution in [-0.4, -0.2) is 39.9 Å². The van der Waals surface area contributed by atoms with Crippen LogP contribution < -0.4 is 9.47 Å². The number of aliphatic hydroxyl groups excluding tert-OH is 1. The van der Waals surface area contributed by atoms with Crippen LogP contribution in [0.5, 0.6) is 11.5 Å². The molecule has 2 heterocycles. The number of carbonyl (C=O) groups excluding carboxylic acids is 2. The van der Waals surface area contributed by atoms with E-state index < -0.39 is 17.7 Å². The molecular weight excluding hydrogens is 456 g/mol. The molecule has 0 saturated carbocycles. The van der Waals surface area contributed by atoms with Crippen LogP contribution in [0.25, 0.3) is 5.76 Å². The van der Waals surface area contributed by atoms with Gasteiger partial charge in [0.2, 0.25) is 0 Å². The minimum Gasteiger partial charge on any atom is -0.507 e. The number of aliphatic hydroxyl groups is 1. The van der Waals surface area contributed by atoms with Gasteiger partial charge < -0.3 is 19.5 Å². The third-order valence-corrected chi connectivity index (χ3v) is 6.00. The highest BCUT2D eigenvalue weighted by Gasteiger charge is 2.46. The second-order valence-electron chi connectivity index (χ2n) is 8.52. The number of pyridine rings is 1. The molecule has 1 aliphatic heterocycles. The largest absolute Gasteiger partial charge is 0.507 e. The van der Waals surface area contributed by atoms with E-state index in [1.807, 2.05) is 25.1 Å². The number of hydrogen-bond donors (Lipinski definition) is 1. The Morgan fingerprint density at radius 2 is 1.81 bits per heavy atom. The number of rotatable bonds is 10. The van der Waals surface area contributed by atoms with Crippen LogP contribution in [0.2, 0.25) is 0 Å². The van der Waals surface area contributed by atoms with Crippen LogP contribution in [0.3, 0.4) is 0 Å². The van der Waals surface area contributed by atoms with Crippen molar-refractivity contribution >= 4 is 17.4 Å². The molecule has 7 nitrogen and oxygen atoms in total. The van der Waals surface area contributed by atoms with Gasteiger partial charge in [-0.1, -0.05) is 43.7 Å². The van der Waals surface area contributed by atoms with Crippen LogP contribution in [0.4, 0.5) is 0 Å². The molecule has 4 rings (SSSR count). The Kier molecular flexibility index (Phi) is 8.00. The van der Waals surface area contributed by atoms with Gasteiger partial charge in [-0.15, -0.1) is 0 Å². The predicted octanol–water partition coefficient (Wildman–Crippen LogP) is 5.28.